The average molecular weight is 287 g/mol. The van der Waals surface area contributed by atoms with Gasteiger partial charge in [0, 0.05) is 6.07 Å². The van der Waals surface area contributed by atoms with Crippen molar-refractivity contribution in [2.75, 3.05) is 6.61 Å². The van der Waals surface area contributed by atoms with Crippen LogP contribution in [-0.2, 0) is 0 Å². The molecule has 0 bridgehead atoms. The van der Waals surface area contributed by atoms with Crippen LogP contribution in [0.4, 0.5) is 5.69 Å². The van der Waals surface area contributed by atoms with Crippen LogP contribution in [-0.4, -0.2) is 28.6 Å². The van der Waals surface area contributed by atoms with E-state index in [9.17, 15) is 14.9 Å². The lowest BCUT2D eigenvalue weighted by molar-refractivity contribution is -0.385. The Hall–Kier alpha value is -1.66. The first-order valence-electron chi connectivity index (χ1n) is 5.73. The van der Waals surface area contributed by atoms with Crippen molar-refractivity contribution >= 4 is 23.2 Å². The topological polar surface area (TPSA) is 92.5 Å². The number of amides is 1. The molecule has 1 amide bonds. The molecule has 0 saturated carbocycles. The molecule has 0 aromatic heterocycles. The summed E-state index contributed by atoms with van der Waals surface area (Å²) in [7, 11) is 0. The Morgan fingerprint density at radius 2 is 2.16 bits per heavy atom. The van der Waals surface area contributed by atoms with Crippen molar-refractivity contribution in [1.82, 2.24) is 5.32 Å². The quantitative estimate of drug-likeness (QED) is 0.639. The van der Waals surface area contributed by atoms with E-state index in [2.05, 4.69) is 5.32 Å². The van der Waals surface area contributed by atoms with Crippen LogP contribution in [0.25, 0.3) is 0 Å². The summed E-state index contributed by atoms with van der Waals surface area (Å²) < 4.78 is 0. The molecular formula is C12H15ClN2O4. The number of nitro benzene ring substituents is 1. The maximum atomic E-state index is 12.1. The summed E-state index contributed by atoms with van der Waals surface area (Å²) >= 11 is 5.85. The molecule has 1 aromatic rings. The van der Waals surface area contributed by atoms with Crippen LogP contribution < -0.4 is 5.32 Å². The Kier molecular flexibility index (Phi) is 5.26. The van der Waals surface area contributed by atoms with Gasteiger partial charge in [-0.25, -0.2) is 0 Å². The van der Waals surface area contributed by atoms with E-state index in [0.29, 0.717) is 0 Å². The van der Waals surface area contributed by atoms with E-state index in [4.69, 9.17) is 16.7 Å². The van der Waals surface area contributed by atoms with E-state index >= 15 is 0 Å². The third kappa shape index (κ3) is 3.65. The highest BCUT2D eigenvalue weighted by Gasteiger charge is 2.25. The standard InChI is InChI=1S/C12H15ClN2O4/c1-7(2)9(6-16)14-12(17)11-8(13)4-3-5-10(11)15(18)19/h3-5,7,9,16H,6H2,1-2H3,(H,14,17)/t9-/m1/s1. The van der Waals surface area contributed by atoms with Gasteiger partial charge in [-0.05, 0) is 12.0 Å². The first kappa shape index (κ1) is 15.4. The lowest BCUT2D eigenvalue weighted by Crippen LogP contribution is -2.41. The van der Waals surface area contributed by atoms with Gasteiger partial charge >= 0.3 is 0 Å². The van der Waals surface area contributed by atoms with E-state index < -0.39 is 16.9 Å². The number of hydrogen-bond acceptors (Lipinski definition) is 4. The van der Waals surface area contributed by atoms with Crippen LogP contribution in [0.1, 0.15) is 24.2 Å². The zero-order chi connectivity index (χ0) is 14.6. The van der Waals surface area contributed by atoms with Gasteiger partial charge in [0.2, 0.25) is 0 Å². The number of carbonyl (C=O) groups excluding carboxylic acids is 1. The first-order chi connectivity index (χ1) is 8.88. The van der Waals surface area contributed by atoms with Crippen molar-refractivity contribution in [2.24, 2.45) is 5.92 Å². The Morgan fingerprint density at radius 3 is 2.63 bits per heavy atom. The smallest absolute Gasteiger partial charge is 0.283 e. The highest BCUT2D eigenvalue weighted by Crippen LogP contribution is 2.26. The van der Waals surface area contributed by atoms with Gasteiger partial charge in [-0.3, -0.25) is 14.9 Å². The summed E-state index contributed by atoms with van der Waals surface area (Å²) in [5, 5.41) is 22.6. The third-order valence-electron chi connectivity index (χ3n) is 2.73. The number of aliphatic hydroxyl groups is 1. The molecule has 0 aliphatic rings. The fraction of sp³-hybridized carbons (Fsp3) is 0.417. The SMILES string of the molecule is CC(C)[C@@H](CO)NC(=O)c1c(Cl)cccc1[N+](=O)[O-]. The van der Waals surface area contributed by atoms with Crippen molar-refractivity contribution < 1.29 is 14.8 Å². The van der Waals surface area contributed by atoms with Crippen LogP contribution in [0.15, 0.2) is 18.2 Å². The molecule has 19 heavy (non-hydrogen) atoms. The number of aliphatic hydroxyl groups excluding tert-OH is 1. The molecule has 0 fully saturated rings. The van der Waals surface area contributed by atoms with Crippen molar-refractivity contribution in [2.45, 2.75) is 19.9 Å². The number of nitro groups is 1. The van der Waals surface area contributed by atoms with Crippen molar-refractivity contribution in [3.05, 3.63) is 38.9 Å². The second kappa shape index (κ2) is 6.49. The number of halogens is 1. The summed E-state index contributed by atoms with van der Waals surface area (Å²) in [5.41, 5.74) is -0.543. The minimum Gasteiger partial charge on any atom is -0.394 e. The van der Waals surface area contributed by atoms with Crippen LogP contribution in [0.3, 0.4) is 0 Å². The van der Waals surface area contributed by atoms with E-state index in [0.717, 1.165) is 0 Å². The van der Waals surface area contributed by atoms with Gasteiger partial charge < -0.3 is 10.4 Å². The summed E-state index contributed by atoms with van der Waals surface area (Å²) in [5.74, 6) is -0.666. The molecule has 0 spiro atoms. The summed E-state index contributed by atoms with van der Waals surface area (Å²) in [4.78, 5) is 22.3. The van der Waals surface area contributed by atoms with Gasteiger partial charge in [-0.2, -0.15) is 0 Å². The molecule has 6 nitrogen and oxygen atoms in total. The molecular weight excluding hydrogens is 272 g/mol. The van der Waals surface area contributed by atoms with Crippen LogP contribution >= 0.6 is 11.6 Å². The number of nitrogens with one attached hydrogen (secondary N) is 1. The molecule has 2 N–H and O–H groups in total. The fourth-order valence-electron chi connectivity index (χ4n) is 1.55. The molecule has 1 aromatic carbocycles. The van der Waals surface area contributed by atoms with E-state index in [1.54, 1.807) is 0 Å². The van der Waals surface area contributed by atoms with Crippen LogP contribution in [0.5, 0.6) is 0 Å². The maximum absolute atomic E-state index is 12.1. The molecule has 0 unspecified atom stereocenters. The van der Waals surface area contributed by atoms with Gasteiger partial charge in [0.1, 0.15) is 5.56 Å². The Bertz CT molecular complexity index is 491. The third-order valence-corrected chi connectivity index (χ3v) is 3.05. The molecule has 0 aliphatic carbocycles. The first-order valence-corrected chi connectivity index (χ1v) is 6.11. The lowest BCUT2D eigenvalue weighted by Gasteiger charge is -2.20. The normalized spacial score (nSPS) is 12.3. The monoisotopic (exact) mass is 286 g/mol. The van der Waals surface area contributed by atoms with E-state index in [1.807, 2.05) is 13.8 Å². The largest absolute Gasteiger partial charge is 0.394 e. The summed E-state index contributed by atoms with van der Waals surface area (Å²) in [6.07, 6.45) is 0. The minimum atomic E-state index is -0.663. The summed E-state index contributed by atoms with van der Waals surface area (Å²) in [6, 6.07) is 3.54. The zero-order valence-corrected chi connectivity index (χ0v) is 11.3. The van der Waals surface area contributed by atoms with E-state index in [1.165, 1.54) is 18.2 Å². The summed E-state index contributed by atoms with van der Waals surface area (Å²) in [6.45, 7) is 3.39. The molecule has 104 valence electrons. The Balaban J connectivity index is 3.09. The van der Waals surface area contributed by atoms with Crippen molar-refractivity contribution in [3.8, 4) is 0 Å². The van der Waals surface area contributed by atoms with Crippen LogP contribution in [0.2, 0.25) is 5.02 Å². The second-order valence-electron chi connectivity index (χ2n) is 4.40. The van der Waals surface area contributed by atoms with Gasteiger partial charge in [-0.15, -0.1) is 0 Å². The highest BCUT2D eigenvalue weighted by atomic mass is 35.5. The number of carbonyl (C=O) groups is 1. The van der Waals surface area contributed by atoms with Gasteiger partial charge in [-0.1, -0.05) is 31.5 Å². The number of nitrogens with zero attached hydrogens (tertiary/aromatic N) is 1. The minimum absolute atomic E-state index is 0.00417. The average Bonchev–Trinajstić information content (AvgIpc) is 2.34. The molecule has 1 atom stereocenters. The van der Waals surface area contributed by atoms with E-state index in [-0.39, 0.29) is 28.8 Å². The van der Waals surface area contributed by atoms with Crippen molar-refractivity contribution in [1.29, 1.82) is 0 Å². The fourth-order valence-corrected chi connectivity index (χ4v) is 1.81. The number of hydrogen-bond donors (Lipinski definition) is 2. The lowest BCUT2D eigenvalue weighted by atomic mass is 10.0. The number of rotatable bonds is 5. The molecule has 0 radical (unpaired) electrons. The Labute approximate surface area is 115 Å². The molecule has 0 aliphatic heterocycles. The molecule has 0 heterocycles. The van der Waals surface area contributed by atoms with Crippen molar-refractivity contribution in [3.63, 3.8) is 0 Å². The highest BCUT2D eigenvalue weighted by molar-refractivity contribution is 6.34. The zero-order valence-electron chi connectivity index (χ0n) is 10.6. The predicted octanol–water partition coefficient (Wildman–Crippen LogP) is 1.99. The van der Waals surface area contributed by atoms with Gasteiger partial charge in [0.15, 0.2) is 0 Å². The number of benzene rings is 1. The molecule has 1 rings (SSSR count). The second-order valence-corrected chi connectivity index (χ2v) is 4.80. The van der Waals surface area contributed by atoms with Gasteiger partial charge in [0.25, 0.3) is 11.6 Å². The maximum Gasteiger partial charge on any atom is 0.283 e. The van der Waals surface area contributed by atoms with Gasteiger partial charge in [0.05, 0.1) is 22.6 Å². The predicted molar refractivity (Wildman–Crippen MR) is 71.3 cm³/mol. The van der Waals surface area contributed by atoms with Crippen LogP contribution in [0, 0.1) is 16.0 Å². The molecule has 7 heteroatoms. The molecule has 0 saturated heterocycles. The Morgan fingerprint density at radius 1 is 1.53 bits per heavy atom.